The van der Waals surface area contributed by atoms with Crippen LogP contribution in [0, 0.1) is 0 Å². The average Bonchev–Trinajstić information content (AvgIpc) is 2.33. The Morgan fingerprint density at radius 1 is 1.42 bits per heavy atom. The second-order valence-corrected chi connectivity index (χ2v) is 5.13. The zero-order valence-electron chi connectivity index (χ0n) is 11.0. The van der Waals surface area contributed by atoms with E-state index in [1.54, 1.807) is 11.8 Å². The van der Waals surface area contributed by atoms with Crippen molar-refractivity contribution in [3.05, 3.63) is 17.0 Å². The molecule has 2 amide bonds. The number of nitrogens with one attached hydrogen (secondary N) is 1. The van der Waals surface area contributed by atoms with Gasteiger partial charge >= 0.3 is 0 Å². The largest absolute Gasteiger partial charge is 0.335 e. The Morgan fingerprint density at radius 2 is 2.11 bits per heavy atom. The van der Waals surface area contributed by atoms with E-state index in [4.69, 9.17) is 11.6 Å². The van der Waals surface area contributed by atoms with Crippen molar-refractivity contribution in [2.45, 2.75) is 32.7 Å². The number of rotatable bonds is 2. The van der Waals surface area contributed by atoms with Crippen molar-refractivity contribution in [2.24, 2.45) is 0 Å². The first kappa shape index (κ1) is 13.7. The third-order valence-electron chi connectivity index (χ3n) is 3.09. The number of hydrogen-bond donors (Lipinski definition) is 1. The molecule has 0 bridgehead atoms. The van der Waals surface area contributed by atoms with Crippen LogP contribution in [0.1, 0.15) is 32.3 Å². The smallest absolute Gasteiger partial charge is 0.249 e. The number of anilines is 1. The van der Waals surface area contributed by atoms with Gasteiger partial charge in [-0.2, -0.15) is 0 Å². The predicted octanol–water partition coefficient (Wildman–Crippen LogP) is 1.10. The molecule has 1 aromatic heterocycles. The van der Waals surface area contributed by atoms with Crippen LogP contribution in [-0.4, -0.2) is 34.4 Å². The zero-order valence-corrected chi connectivity index (χ0v) is 11.7. The first-order chi connectivity index (χ1) is 8.91. The summed E-state index contributed by atoms with van der Waals surface area (Å²) in [5.74, 6) is -0.0325. The summed E-state index contributed by atoms with van der Waals surface area (Å²) in [6, 6.07) is -0.471. The van der Waals surface area contributed by atoms with E-state index in [-0.39, 0.29) is 24.3 Å². The molecular formula is C12H15ClN4O2. The van der Waals surface area contributed by atoms with Gasteiger partial charge in [0, 0.05) is 5.56 Å². The zero-order chi connectivity index (χ0) is 14.2. The number of amides is 2. The Labute approximate surface area is 116 Å². The summed E-state index contributed by atoms with van der Waals surface area (Å²) in [7, 11) is 0. The van der Waals surface area contributed by atoms with Crippen LogP contribution in [0.5, 0.6) is 0 Å². The van der Waals surface area contributed by atoms with Gasteiger partial charge in [-0.15, -0.1) is 0 Å². The molecule has 0 spiro atoms. The molecule has 2 heterocycles. The Kier molecular flexibility index (Phi) is 3.71. The molecule has 102 valence electrons. The summed E-state index contributed by atoms with van der Waals surface area (Å²) in [6.07, 6.45) is 1.34. The molecule has 1 fully saturated rings. The first-order valence-electron chi connectivity index (χ1n) is 6.02. The van der Waals surface area contributed by atoms with Gasteiger partial charge in [0.15, 0.2) is 0 Å². The molecule has 1 aromatic rings. The lowest BCUT2D eigenvalue weighted by atomic mass is 10.0. The number of halogens is 1. The van der Waals surface area contributed by atoms with Crippen LogP contribution < -0.4 is 10.2 Å². The minimum atomic E-state index is -0.471. The molecule has 0 radical (unpaired) electrons. The summed E-state index contributed by atoms with van der Waals surface area (Å²) in [5.41, 5.74) is 0.749. The fraction of sp³-hybridized carbons (Fsp3) is 0.500. The Morgan fingerprint density at radius 3 is 2.74 bits per heavy atom. The number of hydrogen-bond acceptors (Lipinski definition) is 5. The average molecular weight is 283 g/mol. The summed E-state index contributed by atoms with van der Waals surface area (Å²) in [4.78, 5) is 33.0. The van der Waals surface area contributed by atoms with Crippen LogP contribution >= 0.6 is 11.6 Å². The monoisotopic (exact) mass is 282 g/mol. The number of nitrogens with zero attached hydrogens (tertiary/aromatic N) is 3. The summed E-state index contributed by atoms with van der Waals surface area (Å²) < 4.78 is 0. The SMILES string of the molecule is CC(C)c1c(Cl)ncnc1N1CC(=O)NC(=O)C1C. The third-order valence-corrected chi connectivity index (χ3v) is 3.39. The van der Waals surface area contributed by atoms with Crippen LogP contribution in [0.25, 0.3) is 0 Å². The van der Waals surface area contributed by atoms with Crippen molar-refractivity contribution in [1.29, 1.82) is 0 Å². The Hall–Kier alpha value is -1.69. The summed E-state index contributed by atoms with van der Waals surface area (Å²) >= 11 is 6.10. The topological polar surface area (TPSA) is 75.2 Å². The number of carbonyl (C=O) groups is 2. The molecule has 0 aromatic carbocycles. The van der Waals surface area contributed by atoms with Crippen molar-refractivity contribution in [3.8, 4) is 0 Å². The quantitative estimate of drug-likeness (QED) is 0.649. The normalized spacial score (nSPS) is 19.8. The van der Waals surface area contributed by atoms with E-state index in [1.165, 1.54) is 6.33 Å². The van der Waals surface area contributed by atoms with Gasteiger partial charge in [0.2, 0.25) is 11.8 Å². The highest BCUT2D eigenvalue weighted by Crippen LogP contribution is 2.31. The standard InChI is InChI=1S/C12H15ClN4O2/c1-6(2)9-10(13)14-5-15-11(9)17-4-8(18)16-12(19)7(17)3/h5-7H,4H2,1-3H3,(H,16,18,19). The van der Waals surface area contributed by atoms with Gasteiger partial charge in [-0.1, -0.05) is 25.4 Å². The maximum Gasteiger partial charge on any atom is 0.249 e. The summed E-state index contributed by atoms with van der Waals surface area (Å²) in [6.45, 7) is 5.73. The minimum Gasteiger partial charge on any atom is -0.335 e. The van der Waals surface area contributed by atoms with Crippen LogP contribution in [-0.2, 0) is 9.59 Å². The van der Waals surface area contributed by atoms with Crippen LogP contribution in [0.4, 0.5) is 5.82 Å². The van der Waals surface area contributed by atoms with Gasteiger partial charge in [-0.3, -0.25) is 14.9 Å². The van der Waals surface area contributed by atoms with Crippen molar-refractivity contribution in [2.75, 3.05) is 11.4 Å². The highest BCUT2D eigenvalue weighted by Gasteiger charge is 2.33. The molecule has 1 atom stereocenters. The molecule has 7 heteroatoms. The lowest BCUT2D eigenvalue weighted by Crippen LogP contribution is -2.57. The van der Waals surface area contributed by atoms with E-state index in [2.05, 4.69) is 15.3 Å². The lowest BCUT2D eigenvalue weighted by Gasteiger charge is -2.34. The van der Waals surface area contributed by atoms with E-state index in [1.807, 2.05) is 13.8 Å². The highest BCUT2D eigenvalue weighted by molar-refractivity contribution is 6.30. The summed E-state index contributed by atoms with van der Waals surface area (Å²) in [5, 5.41) is 2.65. The highest BCUT2D eigenvalue weighted by atomic mass is 35.5. The fourth-order valence-electron chi connectivity index (χ4n) is 2.06. The fourth-order valence-corrected chi connectivity index (χ4v) is 2.41. The molecule has 1 aliphatic heterocycles. The third kappa shape index (κ3) is 2.53. The van der Waals surface area contributed by atoms with Crippen LogP contribution in [0.2, 0.25) is 5.15 Å². The van der Waals surface area contributed by atoms with Gasteiger partial charge < -0.3 is 4.90 Å². The first-order valence-corrected chi connectivity index (χ1v) is 6.40. The number of piperazine rings is 1. The molecule has 1 N–H and O–H groups in total. The van der Waals surface area contributed by atoms with Crippen molar-refractivity contribution < 1.29 is 9.59 Å². The maximum absolute atomic E-state index is 11.7. The molecule has 1 unspecified atom stereocenters. The molecule has 19 heavy (non-hydrogen) atoms. The van der Waals surface area contributed by atoms with E-state index in [0.29, 0.717) is 11.0 Å². The van der Waals surface area contributed by atoms with Crippen molar-refractivity contribution >= 4 is 29.2 Å². The van der Waals surface area contributed by atoms with Crippen LogP contribution in [0.15, 0.2) is 6.33 Å². The maximum atomic E-state index is 11.7. The lowest BCUT2D eigenvalue weighted by molar-refractivity contribution is -0.132. The van der Waals surface area contributed by atoms with E-state index < -0.39 is 6.04 Å². The van der Waals surface area contributed by atoms with Gasteiger partial charge in [-0.25, -0.2) is 9.97 Å². The van der Waals surface area contributed by atoms with Gasteiger partial charge in [0.25, 0.3) is 0 Å². The van der Waals surface area contributed by atoms with Crippen molar-refractivity contribution in [3.63, 3.8) is 0 Å². The van der Waals surface area contributed by atoms with Gasteiger partial charge in [-0.05, 0) is 12.8 Å². The van der Waals surface area contributed by atoms with E-state index in [9.17, 15) is 9.59 Å². The second-order valence-electron chi connectivity index (χ2n) is 4.77. The molecule has 6 nitrogen and oxygen atoms in total. The Bertz CT molecular complexity index is 532. The molecule has 2 rings (SSSR count). The molecule has 1 saturated heterocycles. The molecule has 0 aliphatic carbocycles. The number of carbonyl (C=O) groups excluding carboxylic acids is 2. The predicted molar refractivity (Wildman–Crippen MR) is 71.1 cm³/mol. The molecular weight excluding hydrogens is 268 g/mol. The van der Waals surface area contributed by atoms with Crippen LogP contribution in [0.3, 0.4) is 0 Å². The minimum absolute atomic E-state index is 0.0833. The number of imide groups is 1. The van der Waals surface area contributed by atoms with Gasteiger partial charge in [0.05, 0.1) is 6.54 Å². The van der Waals surface area contributed by atoms with Crippen molar-refractivity contribution in [1.82, 2.24) is 15.3 Å². The van der Waals surface area contributed by atoms with E-state index in [0.717, 1.165) is 5.56 Å². The Balaban J connectivity index is 2.49. The molecule has 1 aliphatic rings. The van der Waals surface area contributed by atoms with E-state index >= 15 is 0 Å². The second kappa shape index (κ2) is 5.13. The number of aromatic nitrogens is 2. The molecule has 0 saturated carbocycles. The van der Waals surface area contributed by atoms with Gasteiger partial charge in [0.1, 0.15) is 23.3 Å².